The maximum Gasteiger partial charge on any atom is 0.295 e. The van der Waals surface area contributed by atoms with Crippen LogP contribution in [0, 0.1) is 24.0 Å². The van der Waals surface area contributed by atoms with Gasteiger partial charge in [-0.2, -0.15) is 4.98 Å². The number of anilines is 1. The quantitative estimate of drug-likeness (QED) is 0.511. The van der Waals surface area contributed by atoms with Crippen molar-refractivity contribution >= 4 is 22.3 Å². The normalized spacial score (nSPS) is 15.4. The van der Waals surface area contributed by atoms with Crippen LogP contribution in [0.15, 0.2) is 28.8 Å². The molecule has 2 aromatic heterocycles. The zero-order valence-electron chi connectivity index (χ0n) is 15.3. The SMILES string of the molecule is Cc1cc(N2CCN(Cc3noc(C)n3)CC2)c2cccc([N+](=O)[O-])c2n1. The van der Waals surface area contributed by atoms with Crippen LogP contribution >= 0.6 is 0 Å². The maximum atomic E-state index is 11.4. The van der Waals surface area contributed by atoms with Gasteiger partial charge in [-0.1, -0.05) is 17.3 Å². The summed E-state index contributed by atoms with van der Waals surface area (Å²) >= 11 is 0. The Morgan fingerprint density at radius 1 is 1.19 bits per heavy atom. The lowest BCUT2D eigenvalue weighted by Gasteiger charge is -2.36. The molecule has 4 rings (SSSR count). The van der Waals surface area contributed by atoms with Gasteiger partial charge >= 0.3 is 0 Å². The molecule has 9 heteroatoms. The second-order valence-corrected chi connectivity index (χ2v) is 6.71. The number of benzene rings is 1. The van der Waals surface area contributed by atoms with E-state index in [2.05, 4.69) is 24.9 Å². The number of rotatable bonds is 4. The molecule has 0 saturated carbocycles. The number of aromatic nitrogens is 3. The summed E-state index contributed by atoms with van der Waals surface area (Å²) in [7, 11) is 0. The molecule has 0 unspecified atom stereocenters. The number of nitrogens with zero attached hydrogens (tertiary/aromatic N) is 6. The van der Waals surface area contributed by atoms with Gasteiger partial charge in [-0.3, -0.25) is 15.0 Å². The van der Waals surface area contributed by atoms with Crippen molar-refractivity contribution in [3.63, 3.8) is 0 Å². The lowest BCUT2D eigenvalue weighted by atomic mass is 10.1. The lowest BCUT2D eigenvalue weighted by molar-refractivity contribution is -0.383. The van der Waals surface area contributed by atoms with Gasteiger partial charge in [-0.05, 0) is 13.0 Å². The van der Waals surface area contributed by atoms with E-state index in [0.29, 0.717) is 23.8 Å². The van der Waals surface area contributed by atoms with Crippen molar-refractivity contribution < 1.29 is 9.45 Å². The van der Waals surface area contributed by atoms with Crippen molar-refractivity contribution in [3.05, 3.63) is 51.8 Å². The zero-order valence-corrected chi connectivity index (χ0v) is 15.3. The van der Waals surface area contributed by atoms with Crippen LogP contribution in [0.3, 0.4) is 0 Å². The van der Waals surface area contributed by atoms with Crippen LogP contribution in [0.1, 0.15) is 17.4 Å². The fraction of sp³-hybridized carbons (Fsp3) is 0.389. The van der Waals surface area contributed by atoms with E-state index in [1.54, 1.807) is 13.0 Å². The Morgan fingerprint density at radius 2 is 1.96 bits per heavy atom. The summed E-state index contributed by atoms with van der Waals surface area (Å²) in [6.07, 6.45) is 0. The number of fused-ring (bicyclic) bond motifs is 1. The fourth-order valence-electron chi connectivity index (χ4n) is 3.50. The fourth-order valence-corrected chi connectivity index (χ4v) is 3.50. The van der Waals surface area contributed by atoms with Crippen molar-refractivity contribution in [3.8, 4) is 0 Å². The van der Waals surface area contributed by atoms with E-state index in [4.69, 9.17) is 4.52 Å². The summed E-state index contributed by atoms with van der Waals surface area (Å²) in [6, 6.07) is 7.13. The highest BCUT2D eigenvalue weighted by Gasteiger charge is 2.23. The van der Waals surface area contributed by atoms with Crippen LogP contribution in [-0.2, 0) is 6.54 Å². The number of aryl methyl sites for hydroxylation is 2. The van der Waals surface area contributed by atoms with E-state index >= 15 is 0 Å². The third-order valence-electron chi connectivity index (χ3n) is 4.77. The first-order chi connectivity index (χ1) is 13.0. The van der Waals surface area contributed by atoms with E-state index in [1.807, 2.05) is 19.1 Å². The van der Waals surface area contributed by atoms with E-state index in [1.165, 1.54) is 6.07 Å². The van der Waals surface area contributed by atoms with Crippen molar-refractivity contribution in [2.45, 2.75) is 20.4 Å². The molecule has 0 spiro atoms. The first-order valence-corrected chi connectivity index (χ1v) is 8.82. The molecule has 0 amide bonds. The monoisotopic (exact) mass is 368 g/mol. The maximum absolute atomic E-state index is 11.4. The number of nitro benzene ring substituents is 1. The summed E-state index contributed by atoms with van der Waals surface area (Å²) in [4.78, 5) is 24.2. The number of para-hydroxylation sites is 1. The predicted octanol–water partition coefficient (Wildman–Crippen LogP) is 2.47. The predicted molar refractivity (Wildman–Crippen MR) is 99.7 cm³/mol. The minimum absolute atomic E-state index is 0.0450. The molecule has 1 saturated heterocycles. The Bertz CT molecular complexity index is 994. The van der Waals surface area contributed by atoms with Crippen LogP contribution in [0.4, 0.5) is 11.4 Å². The van der Waals surface area contributed by atoms with Crippen LogP contribution in [0.5, 0.6) is 0 Å². The molecule has 140 valence electrons. The van der Waals surface area contributed by atoms with Gasteiger partial charge in [-0.25, -0.2) is 4.98 Å². The molecular weight excluding hydrogens is 348 g/mol. The topological polar surface area (TPSA) is 101 Å². The van der Waals surface area contributed by atoms with E-state index in [-0.39, 0.29) is 10.6 Å². The molecule has 1 aromatic carbocycles. The van der Waals surface area contributed by atoms with Gasteiger partial charge < -0.3 is 9.42 Å². The third-order valence-corrected chi connectivity index (χ3v) is 4.77. The van der Waals surface area contributed by atoms with Gasteiger partial charge in [0.2, 0.25) is 5.89 Å². The second kappa shape index (κ2) is 6.92. The van der Waals surface area contributed by atoms with Crippen molar-refractivity contribution in [1.82, 2.24) is 20.0 Å². The number of hydrogen-bond acceptors (Lipinski definition) is 8. The van der Waals surface area contributed by atoms with Crippen molar-refractivity contribution in [1.29, 1.82) is 0 Å². The molecule has 3 aromatic rings. The third kappa shape index (κ3) is 3.45. The molecule has 1 fully saturated rings. The Morgan fingerprint density at radius 3 is 2.63 bits per heavy atom. The van der Waals surface area contributed by atoms with Gasteiger partial charge in [0.1, 0.15) is 0 Å². The van der Waals surface area contributed by atoms with Gasteiger partial charge in [-0.15, -0.1) is 0 Å². The second-order valence-electron chi connectivity index (χ2n) is 6.71. The molecule has 0 aliphatic carbocycles. The van der Waals surface area contributed by atoms with Gasteiger partial charge in [0.15, 0.2) is 11.3 Å². The number of pyridine rings is 1. The first kappa shape index (κ1) is 17.3. The molecule has 0 atom stereocenters. The molecule has 0 bridgehead atoms. The lowest BCUT2D eigenvalue weighted by Crippen LogP contribution is -2.46. The number of non-ortho nitro benzene ring substituents is 1. The van der Waals surface area contributed by atoms with E-state index in [0.717, 1.165) is 42.9 Å². The van der Waals surface area contributed by atoms with Gasteiger partial charge in [0.25, 0.3) is 5.69 Å². The minimum atomic E-state index is -0.372. The van der Waals surface area contributed by atoms with E-state index < -0.39 is 0 Å². The molecule has 0 radical (unpaired) electrons. The molecule has 27 heavy (non-hydrogen) atoms. The average molecular weight is 368 g/mol. The average Bonchev–Trinajstić information content (AvgIpc) is 3.06. The summed E-state index contributed by atoms with van der Waals surface area (Å²) < 4.78 is 5.03. The Kier molecular flexibility index (Phi) is 4.44. The summed E-state index contributed by atoms with van der Waals surface area (Å²) in [6.45, 7) is 7.65. The smallest absolute Gasteiger partial charge is 0.295 e. The largest absolute Gasteiger partial charge is 0.368 e. The molecule has 1 aliphatic heterocycles. The van der Waals surface area contributed by atoms with Crippen LogP contribution in [0.2, 0.25) is 0 Å². The number of nitro groups is 1. The molecule has 3 heterocycles. The minimum Gasteiger partial charge on any atom is -0.368 e. The summed E-state index contributed by atoms with van der Waals surface area (Å²) in [5.74, 6) is 1.27. The molecular formula is C18H20N6O3. The van der Waals surface area contributed by atoms with Crippen molar-refractivity contribution in [2.75, 3.05) is 31.1 Å². The Balaban J connectivity index is 1.57. The Hall–Kier alpha value is -3.07. The van der Waals surface area contributed by atoms with Gasteiger partial charge in [0.05, 0.1) is 11.5 Å². The van der Waals surface area contributed by atoms with Gasteiger partial charge in [0, 0.05) is 55.9 Å². The molecule has 9 nitrogen and oxygen atoms in total. The highest BCUT2D eigenvalue weighted by molar-refractivity contribution is 5.97. The standard InChI is InChI=1S/C18H20N6O3/c1-12-10-16(14-4-3-5-15(24(25)26)18(14)19-12)23-8-6-22(7-9-23)11-17-20-13(2)27-21-17/h3-5,10H,6-9,11H2,1-2H3. The summed E-state index contributed by atoms with van der Waals surface area (Å²) in [5.41, 5.74) is 2.26. The van der Waals surface area contributed by atoms with Crippen LogP contribution < -0.4 is 4.90 Å². The summed E-state index contributed by atoms with van der Waals surface area (Å²) in [5, 5.41) is 16.1. The highest BCUT2D eigenvalue weighted by Crippen LogP contribution is 2.32. The molecule has 1 aliphatic rings. The van der Waals surface area contributed by atoms with Crippen LogP contribution in [-0.4, -0.2) is 51.1 Å². The Labute approximate surface area is 155 Å². The number of piperazine rings is 1. The number of hydrogen-bond donors (Lipinski definition) is 0. The first-order valence-electron chi connectivity index (χ1n) is 8.82. The zero-order chi connectivity index (χ0) is 19.0. The highest BCUT2D eigenvalue weighted by atomic mass is 16.6. The van der Waals surface area contributed by atoms with E-state index in [9.17, 15) is 10.1 Å². The molecule has 0 N–H and O–H groups in total. The van der Waals surface area contributed by atoms with Crippen LogP contribution in [0.25, 0.3) is 10.9 Å². The van der Waals surface area contributed by atoms with Crippen molar-refractivity contribution in [2.24, 2.45) is 0 Å².